The third-order valence-electron chi connectivity index (χ3n) is 11.2. The zero-order valence-electron chi connectivity index (χ0n) is 25.5. The fraction of sp³-hybridized carbons (Fsp3) is 0.136. The highest BCUT2D eigenvalue weighted by atomic mass is 14.4. The summed E-state index contributed by atoms with van der Waals surface area (Å²) in [5.74, 6) is 0. The SMILES string of the molecule is CC1(C)c2ccc(-c3ccc4c(c3)C(C)(C)c3cc5ccc6cccc7ccc(c3-4)c5c67)cc2-c2c1ccc1ccccc21. The van der Waals surface area contributed by atoms with E-state index in [4.69, 9.17) is 0 Å². The van der Waals surface area contributed by atoms with Crippen LogP contribution in [-0.2, 0) is 10.8 Å². The van der Waals surface area contributed by atoms with Crippen LogP contribution in [0.3, 0.4) is 0 Å². The number of benzene rings is 8. The summed E-state index contributed by atoms with van der Waals surface area (Å²) in [5, 5.41) is 10.8. The lowest BCUT2D eigenvalue weighted by Gasteiger charge is -2.23. The molecule has 0 aromatic heterocycles. The van der Waals surface area contributed by atoms with E-state index in [-0.39, 0.29) is 10.8 Å². The second kappa shape index (κ2) is 7.96. The van der Waals surface area contributed by atoms with E-state index >= 15 is 0 Å². The average molecular weight is 561 g/mol. The number of fused-ring (bicyclic) bond motifs is 9. The molecule has 0 saturated carbocycles. The Morgan fingerprint density at radius 3 is 1.86 bits per heavy atom. The lowest BCUT2D eigenvalue weighted by atomic mass is 9.80. The van der Waals surface area contributed by atoms with Gasteiger partial charge in [0.1, 0.15) is 0 Å². The molecule has 208 valence electrons. The standard InChI is InChI=1S/C44H32/c1-43(2)35-20-17-28(22-34(35)41-31-11-6-5-8-25(31)16-21-36(41)43)29-15-18-32-37(23-29)44(3,4)38-24-30-13-12-26-9-7-10-27-14-19-33(42(32)38)40(30)39(26)27/h5-24H,1-4H3. The molecule has 44 heavy (non-hydrogen) atoms. The van der Waals surface area contributed by atoms with Gasteiger partial charge in [0, 0.05) is 10.8 Å². The highest BCUT2D eigenvalue weighted by Crippen LogP contribution is 2.55. The van der Waals surface area contributed by atoms with Crippen LogP contribution in [0.25, 0.3) is 76.5 Å². The maximum atomic E-state index is 2.48. The highest BCUT2D eigenvalue weighted by molar-refractivity contribution is 6.26. The van der Waals surface area contributed by atoms with E-state index in [1.54, 1.807) is 0 Å². The first kappa shape index (κ1) is 24.5. The molecule has 0 heterocycles. The fourth-order valence-corrected chi connectivity index (χ4v) is 8.90. The van der Waals surface area contributed by atoms with Gasteiger partial charge in [0.15, 0.2) is 0 Å². The Kier molecular flexibility index (Phi) is 4.43. The molecule has 0 heteroatoms. The van der Waals surface area contributed by atoms with Gasteiger partial charge >= 0.3 is 0 Å². The summed E-state index contributed by atoms with van der Waals surface area (Å²) in [7, 11) is 0. The van der Waals surface area contributed by atoms with Crippen molar-refractivity contribution in [3.05, 3.63) is 144 Å². The predicted molar refractivity (Wildman–Crippen MR) is 188 cm³/mol. The van der Waals surface area contributed by atoms with Gasteiger partial charge in [0.25, 0.3) is 0 Å². The van der Waals surface area contributed by atoms with Crippen molar-refractivity contribution >= 4 is 43.1 Å². The van der Waals surface area contributed by atoms with Crippen LogP contribution in [-0.4, -0.2) is 0 Å². The van der Waals surface area contributed by atoms with Crippen molar-refractivity contribution in [2.75, 3.05) is 0 Å². The third kappa shape index (κ3) is 2.89. The molecule has 8 aromatic carbocycles. The molecule has 0 radical (unpaired) electrons. The highest BCUT2D eigenvalue weighted by Gasteiger charge is 2.39. The van der Waals surface area contributed by atoms with E-state index in [0.717, 1.165) is 0 Å². The van der Waals surface area contributed by atoms with E-state index in [9.17, 15) is 0 Å². The van der Waals surface area contributed by atoms with Gasteiger partial charge in [-0.2, -0.15) is 0 Å². The lowest BCUT2D eigenvalue weighted by molar-refractivity contribution is 0.661. The average Bonchev–Trinajstić information content (AvgIpc) is 3.42. The molecule has 0 N–H and O–H groups in total. The van der Waals surface area contributed by atoms with Gasteiger partial charge in [-0.1, -0.05) is 131 Å². The molecule has 0 saturated heterocycles. The molecule has 0 unspecified atom stereocenters. The molecule has 0 atom stereocenters. The molecular formula is C44H32. The van der Waals surface area contributed by atoms with Crippen LogP contribution >= 0.6 is 0 Å². The van der Waals surface area contributed by atoms with Crippen molar-refractivity contribution in [3.63, 3.8) is 0 Å². The van der Waals surface area contributed by atoms with Crippen molar-refractivity contribution in [1.29, 1.82) is 0 Å². The van der Waals surface area contributed by atoms with E-state index in [1.807, 2.05) is 0 Å². The topological polar surface area (TPSA) is 0 Å². The largest absolute Gasteiger partial charge is 0.0616 e. The summed E-state index contributed by atoms with van der Waals surface area (Å²) in [6.45, 7) is 9.57. The second-order valence-corrected chi connectivity index (χ2v) is 14.1. The molecule has 10 rings (SSSR count). The maximum absolute atomic E-state index is 2.48. The smallest absolute Gasteiger partial charge is 0.0159 e. The number of hydrogen-bond donors (Lipinski definition) is 0. The predicted octanol–water partition coefficient (Wildman–Crippen LogP) is 12.0. The van der Waals surface area contributed by atoms with Crippen LogP contribution in [0.1, 0.15) is 49.9 Å². The van der Waals surface area contributed by atoms with Crippen LogP contribution in [0.5, 0.6) is 0 Å². The van der Waals surface area contributed by atoms with Crippen LogP contribution in [0.2, 0.25) is 0 Å². The minimum atomic E-state index is -0.0906. The van der Waals surface area contributed by atoms with Crippen molar-refractivity contribution in [3.8, 4) is 33.4 Å². The molecular weight excluding hydrogens is 528 g/mol. The van der Waals surface area contributed by atoms with E-state index in [1.165, 1.54) is 98.7 Å². The first-order valence-corrected chi connectivity index (χ1v) is 15.9. The molecule has 8 aromatic rings. The summed E-state index contributed by atoms with van der Waals surface area (Å²) in [4.78, 5) is 0. The van der Waals surface area contributed by atoms with Gasteiger partial charge in [-0.05, 0) is 117 Å². The van der Waals surface area contributed by atoms with Crippen LogP contribution in [0, 0.1) is 0 Å². The van der Waals surface area contributed by atoms with Gasteiger partial charge in [-0.25, -0.2) is 0 Å². The fourth-order valence-electron chi connectivity index (χ4n) is 8.90. The molecule has 0 fully saturated rings. The summed E-state index contributed by atoms with van der Waals surface area (Å²) in [5.41, 5.74) is 13.8. The Balaban J connectivity index is 1.19. The molecule has 0 aliphatic heterocycles. The first-order chi connectivity index (χ1) is 21.3. The Morgan fingerprint density at radius 2 is 1.00 bits per heavy atom. The van der Waals surface area contributed by atoms with Gasteiger partial charge in [-0.15, -0.1) is 0 Å². The molecule has 0 nitrogen and oxygen atoms in total. The van der Waals surface area contributed by atoms with Crippen LogP contribution in [0.15, 0.2) is 121 Å². The monoisotopic (exact) mass is 560 g/mol. The van der Waals surface area contributed by atoms with Crippen molar-refractivity contribution in [1.82, 2.24) is 0 Å². The number of hydrogen-bond acceptors (Lipinski definition) is 0. The molecule has 0 amide bonds. The van der Waals surface area contributed by atoms with Gasteiger partial charge in [0.2, 0.25) is 0 Å². The lowest BCUT2D eigenvalue weighted by Crippen LogP contribution is -2.15. The Bertz CT molecular complexity index is 2520. The Labute approximate surface area is 257 Å². The first-order valence-electron chi connectivity index (χ1n) is 15.9. The minimum absolute atomic E-state index is 0.0181. The Hall–Kier alpha value is -4.94. The van der Waals surface area contributed by atoms with Gasteiger partial charge in [0.05, 0.1) is 0 Å². The van der Waals surface area contributed by atoms with Gasteiger partial charge < -0.3 is 0 Å². The van der Waals surface area contributed by atoms with E-state index in [0.29, 0.717) is 0 Å². The molecule has 2 aliphatic carbocycles. The van der Waals surface area contributed by atoms with E-state index < -0.39 is 0 Å². The Morgan fingerprint density at radius 1 is 0.364 bits per heavy atom. The summed E-state index contributed by atoms with van der Waals surface area (Å²) in [6, 6.07) is 46.4. The quantitative estimate of drug-likeness (QED) is 0.175. The van der Waals surface area contributed by atoms with Crippen molar-refractivity contribution in [2.45, 2.75) is 38.5 Å². The zero-order chi connectivity index (χ0) is 29.5. The minimum Gasteiger partial charge on any atom is -0.0616 e. The summed E-state index contributed by atoms with van der Waals surface area (Å²) >= 11 is 0. The zero-order valence-corrected chi connectivity index (χ0v) is 25.5. The normalized spacial score (nSPS) is 15.6. The van der Waals surface area contributed by atoms with Crippen molar-refractivity contribution in [2.24, 2.45) is 0 Å². The third-order valence-corrected chi connectivity index (χ3v) is 11.2. The summed E-state index contributed by atoms with van der Waals surface area (Å²) < 4.78 is 0. The van der Waals surface area contributed by atoms with Crippen molar-refractivity contribution < 1.29 is 0 Å². The van der Waals surface area contributed by atoms with Crippen LogP contribution in [0.4, 0.5) is 0 Å². The number of rotatable bonds is 1. The second-order valence-electron chi connectivity index (χ2n) is 14.1. The molecule has 0 spiro atoms. The van der Waals surface area contributed by atoms with E-state index in [2.05, 4.69) is 149 Å². The van der Waals surface area contributed by atoms with Gasteiger partial charge in [-0.3, -0.25) is 0 Å². The molecule has 0 bridgehead atoms. The maximum Gasteiger partial charge on any atom is 0.0159 e. The summed E-state index contributed by atoms with van der Waals surface area (Å²) in [6.07, 6.45) is 0. The molecule has 2 aliphatic rings. The van der Waals surface area contributed by atoms with Crippen LogP contribution < -0.4 is 0 Å².